The molecule has 0 atom stereocenters. The average Bonchev–Trinajstić information content (AvgIpc) is 3.39. The number of nitrogens with zero attached hydrogens (tertiary/aromatic N) is 2. The molecule has 28 heavy (non-hydrogen) atoms. The number of guanidine groups is 1. The maximum atomic E-state index is 5.39. The number of hydrogen-bond acceptors (Lipinski definition) is 5. The van der Waals surface area contributed by atoms with E-state index in [0.29, 0.717) is 0 Å². The van der Waals surface area contributed by atoms with Crippen molar-refractivity contribution < 1.29 is 4.42 Å². The van der Waals surface area contributed by atoms with Crippen LogP contribution in [0.1, 0.15) is 26.2 Å². The number of rotatable bonds is 9. The molecule has 0 unspecified atom stereocenters. The number of halogens is 1. The van der Waals surface area contributed by atoms with Crippen LogP contribution in [-0.4, -0.2) is 30.6 Å². The number of aryl methyl sites for hydroxylation is 2. The smallest absolute Gasteiger partial charge is 0.191 e. The highest BCUT2D eigenvalue weighted by Crippen LogP contribution is 2.16. The van der Waals surface area contributed by atoms with Crippen molar-refractivity contribution in [3.8, 4) is 0 Å². The molecule has 0 aromatic carbocycles. The zero-order chi connectivity index (χ0) is 18.9. The van der Waals surface area contributed by atoms with Gasteiger partial charge in [-0.05, 0) is 43.8 Å². The van der Waals surface area contributed by atoms with Gasteiger partial charge in [-0.25, -0.2) is 4.98 Å². The first-order valence-electron chi connectivity index (χ1n) is 9.20. The van der Waals surface area contributed by atoms with E-state index in [2.05, 4.69) is 47.0 Å². The molecule has 0 bridgehead atoms. The second-order valence-electron chi connectivity index (χ2n) is 6.24. The van der Waals surface area contributed by atoms with Crippen LogP contribution in [0.15, 0.2) is 45.3 Å². The van der Waals surface area contributed by atoms with Crippen LogP contribution in [0.3, 0.4) is 0 Å². The minimum Gasteiger partial charge on any atom is -0.469 e. The molecule has 0 saturated heterocycles. The van der Waals surface area contributed by atoms with Crippen molar-refractivity contribution in [3.05, 3.63) is 62.1 Å². The Hall–Kier alpha value is -1.39. The molecule has 0 radical (unpaired) electrons. The molecule has 5 nitrogen and oxygen atoms in total. The monoisotopic (exact) mass is 530 g/mol. The van der Waals surface area contributed by atoms with Crippen LogP contribution in [0.5, 0.6) is 0 Å². The molecule has 3 heterocycles. The molecule has 2 N–H and O–H groups in total. The molecule has 0 aliphatic carbocycles. The molecule has 8 heteroatoms. The minimum atomic E-state index is 0. The summed E-state index contributed by atoms with van der Waals surface area (Å²) in [6, 6.07) is 8.17. The summed E-state index contributed by atoms with van der Waals surface area (Å²) in [6.07, 6.45) is 4.42. The third-order valence-corrected chi connectivity index (χ3v) is 6.23. The third kappa shape index (κ3) is 7.56. The van der Waals surface area contributed by atoms with E-state index in [-0.39, 0.29) is 24.0 Å². The lowest BCUT2D eigenvalue weighted by molar-refractivity contribution is 0.506. The first-order chi connectivity index (χ1) is 13.2. The number of hydrogen-bond donors (Lipinski definition) is 2. The molecule has 3 aromatic rings. The van der Waals surface area contributed by atoms with Gasteiger partial charge in [-0.1, -0.05) is 6.07 Å². The zero-order valence-electron chi connectivity index (χ0n) is 16.2. The highest BCUT2D eigenvalue weighted by molar-refractivity contribution is 14.0. The molecule has 0 amide bonds. The second kappa shape index (κ2) is 12.2. The van der Waals surface area contributed by atoms with Crippen molar-refractivity contribution in [1.82, 2.24) is 15.6 Å². The van der Waals surface area contributed by atoms with E-state index >= 15 is 0 Å². The van der Waals surface area contributed by atoms with Crippen LogP contribution in [-0.2, 0) is 19.3 Å². The maximum Gasteiger partial charge on any atom is 0.191 e. The van der Waals surface area contributed by atoms with Gasteiger partial charge in [-0.15, -0.1) is 46.7 Å². The summed E-state index contributed by atoms with van der Waals surface area (Å²) in [6.45, 7) is 6.55. The maximum absolute atomic E-state index is 5.39. The first kappa shape index (κ1) is 22.9. The lowest BCUT2D eigenvalue weighted by atomic mass is 10.3. The summed E-state index contributed by atoms with van der Waals surface area (Å²) in [7, 11) is 0. The number of furan rings is 1. The first-order valence-corrected chi connectivity index (χ1v) is 10.9. The van der Waals surface area contributed by atoms with E-state index in [9.17, 15) is 0 Å². The van der Waals surface area contributed by atoms with Crippen molar-refractivity contribution in [2.45, 2.75) is 33.1 Å². The van der Waals surface area contributed by atoms with Crippen molar-refractivity contribution in [2.24, 2.45) is 4.99 Å². The molecular formula is C20H27IN4OS2. The fourth-order valence-electron chi connectivity index (χ4n) is 2.60. The fourth-order valence-corrected chi connectivity index (χ4v) is 4.23. The van der Waals surface area contributed by atoms with E-state index in [1.54, 1.807) is 28.9 Å². The number of thiazole rings is 1. The molecular weight excluding hydrogens is 503 g/mol. The number of aromatic nitrogens is 1. The molecule has 152 valence electrons. The molecule has 0 aliphatic heterocycles. The standard InChI is InChI=1S/C20H26N4OS2.HI/c1-15-16(2)27-19(24-15)9-12-23-20(21-10-7-17-5-3-13-25-17)22-11-8-18-6-4-14-26-18;/h3-6,13-14H,7-12H2,1-2H3,(H2,21,22,23);1H. The van der Waals surface area contributed by atoms with Crippen LogP contribution in [0.2, 0.25) is 0 Å². The van der Waals surface area contributed by atoms with E-state index in [0.717, 1.165) is 61.3 Å². The number of aliphatic imine (C=N–C) groups is 1. The van der Waals surface area contributed by atoms with Crippen LogP contribution in [0.4, 0.5) is 0 Å². The Balaban J connectivity index is 0.00000280. The Bertz CT molecular complexity index is 767. The van der Waals surface area contributed by atoms with Gasteiger partial charge in [-0.2, -0.15) is 0 Å². The van der Waals surface area contributed by atoms with Gasteiger partial charge < -0.3 is 15.1 Å². The highest BCUT2D eigenvalue weighted by Gasteiger charge is 2.04. The molecule has 0 fully saturated rings. The largest absolute Gasteiger partial charge is 0.469 e. The van der Waals surface area contributed by atoms with Gasteiger partial charge in [0.25, 0.3) is 0 Å². The van der Waals surface area contributed by atoms with Crippen molar-refractivity contribution >= 4 is 52.6 Å². The van der Waals surface area contributed by atoms with E-state index in [1.807, 2.05) is 12.1 Å². The summed E-state index contributed by atoms with van der Waals surface area (Å²) in [5, 5.41) is 10.1. The summed E-state index contributed by atoms with van der Waals surface area (Å²) >= 11 is 3.56. The van der Waals surface area contributed by atoms with E-state index in [1.165, 1.54) is 9.75 Å². The average molecular weight is 531 g/mol. The predicted molar refractivity (Wildman–Crippen MR) is 129 cm³/mol. The Labute approximate surface area is 191 Å². The summed E-state index contributed by atoms with van der Waals surface area (Å²) in [5.41, 5.74) is 1.13. The molecule has 3 aromatic heterocycles. The van der Waals surface area contributed by atoms with E-state index < -0.39 is 0 Å². The molecule has 3 rings (SSSR count). The van der Waals surface area contributed by atoms with Crippen LogP contribution >= 0.6 is 46.7 Å². The van der Waals surface area contributed by atoms with Gasteiger partial charge in [0.15, 0.2) is 5.96 Å². The number of thiophene rings is 1. The van der Waals surface area contributed by atoms with E-state index in [4.69, 9.17) is 9.41 Å². The Morgan fingerprint density at radius 1 is 1.11 bits per heavy atom. The van der Waals surface area contributed by atoms with Crippen LogP contribution < -0.4 is 10.6 Å². The molecule has 0 saturated carbocycles. The summed E-state index contributed by atoms with van der Waals surface area (Å²) < 4.78 is 5.39. The van der Waals surface area contributed by atoms with Gasteiger partial charge in [-0.3, -0.25) is 4.99 Å². The highest BCUT2D eigenvalue weighted by atomic mass is 127. The Morgan fingerprint density at radius 2 is 1.93 bits per heavy atom. The van der Waals surface area contributed by atoms with Gasteiger partial charge >= 0.3 is 0 Å². The van der Waals surface area contributed by atoms with Crippen molar-refractivity contribution in [2.75, 3.05) is 19.6 Å². The second-order valence-corrected chi connectivity index (χ2v) is 8.56. The fraction of sp³-hybridized carbons (Fsp3) is 0.400. The third-order valence-electron chi connectivity index (χ3n) is 4.16. The predicted octanol–water partition coefficient (Wildman–Crippen LogP) is 4.60. The van der Waals surface area contributed by atoms with Crippen LogP contribution in [0.25, 0.3) is 0 Å². The van der Waals surface area contributed by atoms with Gasteiger partial charge in [0, 0.05) is 42.2 Å². The quantitative estimate of drug-likeness (QED) is 0.241. The Morgan fingerprint density at radius 3 is 2.57 bits per heavy atom. The zero-order valence-corrected chi connectivity index (χ0v) is 20.2. The van der Waals surface area contributed by atoms with Gasteiger partial charge in [0.2, 0.25) is 0 Å². The van der Waals surface area contributed by atoms with Gasteiger partial charge in [0.1, 0.15) is 5.76 Å². The van der Waals surface area contributed by atoms with Crippen molar-refractivity contribution in [1.29, 1.82) is 0 Å². The van der Waals surface area contributed by atoms with Crippen molar-refractivity contribution in [3.63, 3.8) is 0 Å². The Kier molecular flexibility index (Phi) is 10.0. The summed E-state index contributed by atoms with van der Waals surface area (Å²) in [4.78, 5) is 12.0. The summed E-state index contributed by atoms with van der Waals surface area (Å²) in [5.74, 6) is 1.83. The topological polar surface area (TPSA) is 62.5 Å². The molecule has 0 spiro atoms. The van der Waals surface area contributed by atoms with Crippen LogP contribution in [0, 0.1) is 13.8 Å². The molecule has 0 aliphatic rings. The SMILES string of the molecule is Cc1nc(CCN=C(NCCc2ccco2)NCCc2cccs2)sc1C.I. The minimum absolute atomic E-state index is 0. The number of nitrogens with one attached hydrogen (secondary N) is 2. The van der Waals surface area contributed by atoms with Gasteiger partial charge in [0.05, 0.1) is 17.0 Å². The lowest BCUT2D eigenvalue weighted by Crippen LogP contribution is -2.39. The normalized spacial score (nSPS) is 11.3. The lowest BCUT2D eigenvalue weighted by Gasteiger charge is -2.12.